The Morgan fingerprint density at radius 2 is 1.41 bits per heavy atom. The van der Waals surface area contributed by atoms with Gasteiger partial charge in [-0.05, 0) is 70.3 Å². The van der Waals surface area contributed by atoms with Crippen molar-refractivity contribution in [2.75, 3.05) is 33.2 Å². The van der Waals surface area contributed by atoms with Crippen LogP contribution in [0.5, 0.6) is 11.5 Å². The van der Waals surface area contributed by atoms with Crippen LogP contribution in [0.2, 0.25) is 0 Å². The predicted molar refractivity (Wildman–Crippen MR) is 108 cm³/mol. The first kappa shape index (κ1) is 21.6. The van der Waals surface area contributed by atoms with E-state index < -0.39 is 11.7 Å². The Labute approximate surface area is 170 Å². The number of ether oxygens (including phenoxy) is 1. The number of halogens is 3. The van der Waals surface area contributed by atoms with E-state index in [2.05, 4.69) is 22.6 Å². The normalized spacial score (nSPS) is 17.5. The summed E-state index contributed by atoms with van der Waals surface area (Å²) in [6.07, 6.45) is -2.24. The molecule has 0 aliphatic carbocycles. The molecule has 0 unspecified atom stereocenters. The zero-order valence-electron chi connectivity index (χ0n) is 16.7. The average Bonchev–Trinajstić information content (AvgIpc) is 2.68. The average molecular weight is 407 g/mol. The molecule has 4 nitrogen and oxygen atoms in total. The van der Waals surface area contributed by atoms with Crippen LogP contribution in [0.4, 0.5) is 13.2 Å². The SMILES string of the molecule is CN1CCCNCc2cccc(c2Oc2ccc(C(F)(F)F)cc2)CNCCC1. The Balaban J connectivity index is 1.79. The lowest BCUT2D eigenvalue weighted by Crippen LogP contribution is -2.28. The quantitative estimate of drug-likeness (QED) is 0.774. The Kier molecular flexibility index (Phi) is 7.52. The summed E-state index contributed by atoms with van der Waals surface area (Å²) in [5, 5.41) is 6.90. The molecule has 1 aliphatic heterocycles. The topological polar surface area (TPSA) is 36.5 Å². The van der Waals surface area contributed by atoms with Crippen LogP contribution in [-0.2, 0) is 19.3 Å². The second-order valence-corrected chi connectivity index (χ2v) is 7.39. The van der Waals surface area contributed by atoms with Gasteiger partial charge < -0.3 is 20.3 Å². The molecule has 7 heteroatoms. The lowest BCUT2D eigenvalue weighted by Gasteiger charge is -2.20. The highest BCUT2D eigenvalue weighted by Gasteiger charge is 2.30. The second-order valence-electron chi connectivity index (χ2n) is 7.39. The molecule has 0 radical (unpaired) electrons. The molecule has 0 atom stereocenters. The van der Waals surface area contributed by atoms with E-state index in [1.165, 1.54) is 12.1 Å². The van der Waals surface area contributed by atoms with Crippen LogP contribution >= 0.6 is 0 Å². The van der Waals surface area contributed by atoms with Gasteiger partial charge in [-0.25, -0.2) is 0 Å². The van der Waals surface area contributed by atoms with Crippen molar-refractivity contribution < 1.29 is 17.9 Å². The van der Waals surface area contributed by atoms with Gasteiger partial charge in [0.1, 0.15) is 11.5 Å². The number of alkyl halides is 3. The molecule has 0 fully saturated rings. The van der Waals surface area contributed by atoms with E-state index in [9.17, 15) is 13.2 Å². The summed E-state index contributed by atoms with van der Waals surface area (Å²) in [6, 6.07) is 10.8. The van der Waals surface area contributed by atoms with E-state index in [1.807, 2.05) is 18.2 Å². The molecule has 29 heavy (non-hydrogen) atoms. The minimum Gasteiger partial charge on any atom is -0.457 e. The molecular weight excluding hydrogens is 379 g/mol. The van der Waals surface area contributed by atoms with Crippen LogP contribution < -0.4 is 15.4 Å². The van der Waals surface area contributed by atoms with Crippen LogP contribution in [0.1, 0.15) is 29.5 Å². The number of rotatable bonds is 2. The molecule has 2 N–H and O–H groups in total. The van der Waals surface area contributed by atoms with E-state index in [4.69, 9.17) is 4.74 Å². The zero-order valence-corrected chi connectivity index (χ0v) is 16.7. The highest BCUT2D eigenvalue weighted by Crippen LogP contribution is 2.33. The van der Waals surface area contributed by atoms with Crippen LogP contribution in [0.25, 0.3) is 0 Å². The van der Waals surface area contributed by atoms with E-state index >= 15 is 0 Å². The first-order valence-electron chi connectivity index (χ1n) is 9.99. The first-order chi connectivity index (χ1) is 13.9. The maximum Gasteiger partial charge on any atom is 0.416 e. The minimum atomic E-state index is -4.35. The molecule has 0 spiro atoms. The lowest BCUT2D eigenvalue weighted by atomic mass is 10.1. The van der Waals surface area contributed by atoms with Gasteiger partial charge in [0.05, 0.1) is 5.56 Å². The molecule has 158 valence electrons. The number of hydrogen-bond acceptors (Lipinski definition) is 4. The Bertz CT molecular complexity index is 746. The van der Waals surface area contributed by atoms with Crippen molar-refractivity contribution in [2.45, 2.75) is 32.1 Å². The van der Waals surface area contributed by atoms with E-state index in [1.54, 1.807) is 0 Å². The van der Waals surface area contributed by atoms with Crippen molar-refractivity contribution in [3.8, 4) is 11.5 Å². The molecule has 0 aromatic heterocycles. The minimum absolute atomic E-state index is 0.398. The summed E-state index contributed by atoms with van der Waals surface area (Å²) in [5.74, 6) is 1.11. The smallest absolute Gasteiger partial charge is 0.416 e. The maximum atomic E-state index is 12.8. The molecular formula is C22H28F3N3O. The summed E-state index contributed by atoms with van der Waals surface area (Å²) in [5.41, 5.74) is 1.31. The molecule has 0 saturated heterocycles. The molecule has 1 aliphatic rings. The van der Waals surface area contributed by atoms with Crippen molar-refractivity contribution in [2.24, 2.45) is 0 Å². The van der Waals surface area contributed by atoms with Crippen LogP contribution in [0, 0.1) is 0 Å². The van der Waals surface area contributed by atoms with Gasteiger partial charge in [-0.2, -0.15) is 13.2 Å². The Morgan fingerprint density at radius 3 is 1.93 bits per heavy atom. The molecule has 3 rings (SSSR count). The Morgan fingerprint density at radius 1 is 0.862 bits per heavy atom. The summed E-state index contributed by atoms with van der Waals surface area (Å²) in [4.78, 5) is 2.34. The summed E-state index contributed by atoms with van der Waals surface area (Å²) in [7, 11) is 2.14. The highest BCUT2D eigenvalue weighted by molar-refractivity contribution is 5.45. The molecule has 0 saturated carbocycles. The second kappa shape index (κ2) is 10.1. The van der Waals surface area contributed by atoms with Crippen LogP contribution in [0.3, 0.4) is 0 Å². The standard InChI is InChI=1S/C22H28F3N3O/c1-28-13-3-11-26-15-17-5-2-6-18(16-27-12-4-14-28)21(17)29-20-9-7-19(8-10-20)22(23,24)25/h2,5-10,26-27H,3-4,11-16H2,1H3. The van der Waals surface area contributed by atoms with Gasteiger partial charge in [-0.1, -0.05) is 18.2 Å². The first-order valence-corrected chi connectivity index (χ1v) is 9.99. The molecule has 2 aromatic carbocycles. The monoisotopic (exact) mass is 407 g/mol. The largest absolute Gasteiger partial charge is 0.457 e. The van der Waals surface area contributed by atoms with Gasteiger partial charge >= 0.3 is 6.18 Å². The fourth-order valence-electron chi connectivity index (χ4n) is 3.38. The van der Waals surface area contributed by atoms with Gasteiger partial charge in [0.2, 0.25) is 0 Å². The third-order valence-electron chi connectivity index (χ3n) is 5.00. The van der Waals surface area contributed by atoms with Crippen molar-refractivity contribution in [3.05, 3.63) is 59.2 Å². The van der Waals surface area contributed by atoms with E-state index in [0.29, 0.717) is 24.6 Å². The molecule has 0 amide bonds. The summed E-state index contributed by atoms with van der Waals surface area (Å²) < 4.78 is 44.5. The number of benzene rings is 2. The predicted octanol–water partition coefficient (Wildman–Crippen LogP) is 4.40. The Hall–Kier alpha value is -2.09. The highest BCUT2D eigenvalue weighted by atomic mass is 19.4. The number of nitrogens with zero attached hydrogens (tertiary/aromatic N) is 1. The van der Waals surface area contributed by atoms with Gasteiger partial charge in [-0.3, -0.25) is 0 Å². The van der Waals surface area contributed by atoms with Crippen LogP contribution in [-0.4, -0.2) is 38.1 Å². The van der Waals surface area contributed by atoms with Crippen molar-refractivity contribution in [1.29, 1.82) is 0 Å². The summed E-state index contributed by atoms with van der Waals surface area (Å²) >= 11 is 0. The van der Waals surface area contributed by atoms with Crippen molar-refractivity contribution in [3.63, 3.8) is 0 Å². The zero-order chi connectivity index (χ0) is 20.7. The molecule has 1 heterocycles. The molecule has 2 bridgehead atoms. The molecule has 2 aromatic rings. The summed E-state index contributed by atoms with van der Waals surface area (Å²) in [6.45, 7) is 5.17. The third kappa shape index (κ3) is 6.45. The van der Waals surface area contributed by atoms with Gasteiger partial charge in [0, 0.05) is 24.2 Å². The van der Waals surface area contributed by atoms with Gasteiger partial charge in [0.25, 0.3) is 0 Å². The van der Waals surface area contributed by atoms with E-state index in [-0.39, 0.29) is 0 Å². The number of hydrogen-bond donors (Lipinski definition) is 2. The van der Waals surface area contributed by atoms with Gasteiger partial charge in [-0.15, -0.1) is 0 Å². The number of fused-ring (bicyclic) bond motifs is 2. The van der Waals surface area contributed by atoms with Gasteiger partial charge in [0.15, 0.2) is 0 Å². The maximum absolute atomic E-state index is 12.8. The number of para-hydroxylation sites is 1. The van der Waals surface area contributed by atoms with Crippen molar-refractivity contribution in [1.82, 2.24) is 15.5 Å². The van der Waals surface area contributed by atoms with Crippen molar-refractivity contribution >= 4 is 0 Å². The lowest BCUT2D eigenvalue weighted by molar-refractivity contribution is -0.137. The van der Waals surface area contributed by atoms with Crippen LogP contribution in [0.15, 0.2) is 42.5 Å². The fraction of sp³-hybridized carbons (Fsp3) is 0.455. The third-order valence-corrected chi connectivity index (χ3v) is 5.00. The number of nitrogens with one attached hydrogen (secondary N) is 2. The fourth-order valence-corrected chi connectivity index (χ4v) is 3.38. The van der Waals surface area contributed by atoms with E-state index in [0.717, 1.165) is 62.3 Å².